The molecule has 2 rings (SSSR count). The Morgan fingerprint density at radius 2 is 1.70 bits per heavy atom. The molecule has 0 aromatic heterocycles. The van der Waals surface area contributed by atoms with Gasteiger partial charge in [-0.05, 0) is 36.8 Å². The number of rotatable bonds is 7. The number of guanidine groups is 1. The van der Waals surface area contributed by atoms with E-state index in [2.05, 4.69) is 25.7 Å². The van der Waals surface area contributed by atoms with Gasteiger partial charge in [-0.2, -0.15) is 13.4 Å². The molecule has 0 spiro atoms. The van der Waals surface area contributed by atoms with Gasteiger partial charge in [-0.3, -0.25) is 14.9 Å². The summed E-state index contributed by atoms with van der Waals surface area (Å²) in [5.74, 6) is -1.17. The molecule has 2 aromatic carbocycles. The number of ether oxygens (including phenoxy) is 1. The molecule has 0 atom stereocenters. The Morgan fingerprint density at radius 1 is 1.00 bits per heavy atom. The predicted octanol–water partition coefficient (Wildman–Crippen LogP) is 2.86. The van der Waals surface area contributed by atoms with Gasteiger partial charge in [0.1, 0.15) is 10.6 Å². The minimum atomic E-state index is -4.25. The van der Waals surface area contributed by atoms with Gasteiger partial charge in [-0.15, -0.1) is 0 Å². The number of amides is 3. The highest BCUT2D eigenvalue weighted by atomic mass is 32.2. The molecule has 0 radical (unpaired) electrons. The summed E-state index contributed by atoms with van der Waals surface area (Å²) in [7, 11) is -3.13. The molecule has 3 N–H and O–H groups in total. The zero-order valence-electron chi connectivity index (χ0n) is 18.2. The third-order valence-electron chi connectivity index (χ3n) is 3.90. The Kier molecular flexibility index (Phi) is 8.92. The normalized spacial score (nSPS) is 11.3. The third-order valence-corrected chi connectivity index (χ3v) is 5.14. The van der Waals surface area contributed by atoms with E-state index in [0.29, 0.717) is 6.42 Å². The van der Waals surface area contributed by atoms with Gasteiger partial charge in [0, 0.05) is 13.3 Å². The van der Waals surface area contributed by atoms with E-state index in [1.807, 2.05) is 0 Å². The lowest BCUT2D eigenvalue weighted by atomic mass is 10.2. The van der Waals surface area contributed by atoms with Gasteiger partial charge in [-0.25, -0.2) is 4.79 Å². The van der Waals surface area contributed by atoms with Crippen molar-refractivity contribution in [2.75, 3.05) is 17.7 Å². The second-order valence-electron chi connectivity index (χ2n) is 6.58. The molecular formula is C21H24N4O7S. The van der Waals surface area contributed by atoms with E-state index in [4.69, 9.17) is 4.18 Å². The van der Waals surface area contributed by atoms with Crippen LogP contribution < -0.4 is 20.1 Å². The van der Waals surface area contributed by atoms with Crippen LogP contribution in [-0.4, -0.2) is 39.4 Å². The molecule has 0 saturated carbocycles. The summed E-state index contributed by atoms with van der Waals surface area (Å²) in [6, 6.07) is 11.6. The number of carbonyl (C=O) groups is 3. The first kappa shape index (κ1) is 25.3. The number of para-hydroxylation sites is 1. The van der Waals surface area contributed by atoms with Crippen LogP contribution >= 0.6 is 0 Å². The highest BCUT2D eigenvalue weighted by molar-refractivity contribution is 7.87. The van der Waals surface area contributed by atoms with E-state index in [0.717, 1.165) is 7.11 Å². The molecule has 0 fully saturated rings. The molecule has 0 unspecified atom stereocenters. The second-order valence-corrected chi connectivity index (χ2v) is 8.13. The van der Waals surface area contributed by atoms with Crippen LogP contribution in [0.3, 0.4) is 0 Å². The van der Waals surface area contributed by atoms with Gasteiger partial charge in [0.15, 0.2) is 0 Å². The molecule has 3 amide bonds. The van der Waals surface area contributed by atoms with Crippen molar-refractivity contribution in [3.63, 3.8) is 0 Å². The molecular weight excluding hydrogens is 452 g/mol. The van der Waals surface area contributed by atoms with Crippen molar-refractivity contribution in [1.82, 2.24) is 5.32 Å². The highest BCUT2D eigenvalue weighted by Gasteiger charge is 2.20. The molecule has 33 heavy (non-hydrogen) atoms. The first-order chi connectivity index (χ1) is 15.6. The largest absolute Gasteiger partial charge is 0.453 e. The molecule has 0 heterocycles. The smallest absolute Gasteiger partial charge is 0.413 e. The Labute approximate surface area is 191 Å². The van der Waals surface area contributed by atoms with Crippen molar-refractivity contribution < 1.29 is 31.7 Å². The zero-order valence-corrected chi connectivity index (χ0v) is 19.1. The number of methoxy groups -OCH3 is 1. The minimum absolute atomic E-state index is 0.0300. The molecule has 0 aliphatic rings. The van der Waals surface area contributed by atoms with Crippen LogP contribution in [0.15, 0.2) is 58.4 Å². The summed E-state index contributed by atoms with van der Waals surface area (Å²) in [6.07, 6.45) is -0.274. The number of alkyl carbamates (subject to hydrolysis) is 1. The van der Waals surface area contributed by atoms with E-state index < -0.39 is 28.0 Å². The Morgan fingerprint density at radius 3 is 2.30 bits per heavy atom. The average Bonchev–Trinajstić information content (AvgIpc) is 2.74. The van der Waals surface area contributed by atoms with Crippen LogP contribution in [0.2, 0.25) is 0 Å². The second kappa shape index (κ2) is 11.6. The number of carbonyl (C=O) groups excluding carboxylic acids is 3. The lowest BCUT2D eigenvalue weighted by Crippen LogP contribution is -2.36. The lowest BCUT2D eigenvalue weighted by molar-refractivity contribution is -0.118. The summed E-state index contributed by atoms with van der Waals surface area (Å²) < 4.78 is 35.2. The molecule has 12 heteroatoms. The molecule has 2 aromatic rings. The number of benzene rings is 2. The zero-order chi connectivity index (χ0) is 24.4. The maximum Gasteiger partial charge on any atom is 0.413 e. The average molecular weight is 477 g/mol. The minimum Gasteiger partial charge on any atom is -0.453 e. The monoisotopic (exact) mass is 476 g/mol. The van der Waals surface area contributed by atoms with Crippen LogP contribution in [0.25, 0.3) is 0 Å². The van der Waals surface area contributed by atoms with Crippen LogP contribution in [0.5, 0.6) is 5.75 Å². The van der Waals surface area contributed by atoms with E-state index in [1.54, 1.807) is 25.1 Å². The summed E-state index contributed by atoms with van der Waals surface area (Å²) in [5.41, 5.74) is 0.200. The maximum absolute atomic E-state index is 12.7. The SMILES string of the molecule is CCCC(=O)N=C(NC(=O)OC)Nc1cc(S(=O)(=O)Oc2ccccc2)ccc1NC(C)=O. The fraction of sp³-hybridized carbons (Fsp3) is 0.238. The van der Waals surface area contributed by atoms with Gasteiger partial charge in [-0.1, -0.05) is 25.1 Å². The molecule has 0 aliphatic heterocycles. The fourth-order valence-corrected chi connectivity index (χ4v) is 3.45. The number of nitrogens with zero attached hydrogens (tertiary/aromatic N) is 1. The third kappa shape index (κ3) is 7.92. The van der Waals surface area contributed by atoms with Crippen molar-refractivity contribution in [2.24, 2.45) is 4.99 Å². The fourth-order valence-electron chi connectivity index (χ4n) is 2.49. The topological polar surface area (TPSA) is 152 Å². The molecule has 176 valence electrons. The van der Waals surface area contributed by atoms with E-state index >= 15 is 0 Å². The van der Waals surface area contributed by atoms with E-state index in [9.17, 15) is 22.8 Å². The predicted molar refractivity (Wildman–Crippen MR) is 122 cm³/mol. The molecule has 0 aliphatic carbocycles. The van der Waals surface area contributed by atoms with Gasteiger partial charge in [0.2, 0.25) is 17.8 Å². The van der Waals surface area contributed by atoms with Crippen molar-refractivity contribution >= 4 is 45.4 Å². The quantitative estimate of drug-likeness (QED) is 0.313. The molecule has 11 nitrogen and oxygen atoms in total. The van der Waals surface area contributed by atoms with Crippen LogP contribution in [0.4, 0.5) is 16.2 Å². The first-order valence-corrected chi connectivity index (χ1v) is 11.2. The van der Waals surface area contributed by atoms with Crippen molar-refractivity contribution in [3.05, 3.63) is 48.5 Å². The van der Waals surface area contributed by atoms with Gasteiger partial charge < -0.3 is 19.6 Å². The lowest BCUT2D eigenvalue weighted by Gasteiger charge is -2.16. The van der Waals surface area contributed by atoms with Gasteiger partial charge in [0.25, 0.3) is 0 Å². The number of aliphatic imine (C=N–C) groups is 1. The van der Waals surface area contributed by atoms with E-state index in [-0.39, 0.29) is 34.4 Å². The van der Waals surface area contributed by atoms with Gasteiger partial charge >= 0.3 is 16.2 Å². The first-order valence-electron chi connectivity index (χ1n) is 9.79. The Bertz CT molecular complexity index is 1150. The standard InChI is InChI=1S/C21H24N4O7S/c1-4-8-19(27)24-20(25-21(28)31-3)23-18-13-16(11-12-17(18)22-14(2)26)33(29,30)32-15-9-6-5-7-10-15/h5-7,9-13H,4,8H2,1-3H3,(H,22,26)(H2,23,24,25,27,28). The summed E-state index contributed by atoms with van der Waals surface area (Å²) in [6.45, 7) is 3.05. The van der Waals surface area contributed by atoms with Crippen LogP contribution in [0, 0.1) is 0 Å². The van der Waals surface area contributed by atoms with E-state index in [1.165, 1.54) is 37.3 Å². The highest BCUT2D eigenvalue weighted by Crippen LogP contribution is 2.27. The molecule has 0 bridgehead atoms. The number of hydrogen-bond acceptors (Lipinski definition) is 7. The number of anilines is 2. The molecule has 0 saturated heterocycles. The van der Waals surface area contributed by atoms with Gasteiger partial charge in [0.05, 0.1) is 18.5 Å². The summed E-state index contributed by atoms with van der Waals surface area (Å²) in [5, 5.41) is 7.44. The number of hydrogen-bond donors (Lipinski definition) is 3. The van der Waals surface area contributed by atoms with Crippen molar-refractivity contribution in [2.45, 2.75) is 31.6 Å². The van der Waals surface area contributed by atoms with Crippen molar-refractivity contribution in [1.29, 1.82) is 0 Å². The Balaban J connectivity index is 2.47. The maximum atomic E-state index is 12.7. The van der Waals surface area contributed by atoms with Crippen molar-refractivity contribution in [3.8, 4) is 5.75 Å². The van der Waals surface area contributed by atoms with Crippen LogP contribution in [0.1, 0.15) is 26.7 Å². The summed E-state index contributed by atoms with van der Waals surface area (Å²) in [4.78, 5) is 38.8. The summed E-state index contributed by atoms with van der Waals surface area (Å²) >= 11 is 0. The van der Waals surface area contributed by atoms with Crippen LogP contribution in [-0.2, 0) is 24.4 Å². The number of nitrogens with one attached hydrogen (secondary N) is 3. The Hall–Kier alpha value is -3.93.